The molecule has 8 heteroatoms. The summed E-state index contributed by atoms with van der Waals surface area (Å²) < 4.78 is 70.8. The molecule has 0 aliphatic heterocycles. The summed E-state index contributed by atoms with van der Waals surface area (Å²) in [5.74, 6) is -11.6. The predicted octanol–water partition coefficient (Wildman–Crippen LogP) is 3.99. The lowest BCUT2D eigenvalue weighted by Crippen LogP contribution is -2.04. The molecule has 0 fully saturated rings. The highest BCUT2D eigenvalue weighted by Crippen LogP contribution is 2.27. The van der Waals surface area contributed by atoms with Crippen molar-refractivity contribution in [3.63, 3.8) is 0 Å². The van der Waals surface area contributed by atoms with Gasteiger partial charge in [0.1, 0.15) is 0 Å². The van der Waals surface area contributed by atoms with Crippen LogP contribution in [0, 0.1) is 29.1 Å². The van der Waals surface area contributed by atoms with Crippen LogP contribution >= 0.6 is 0 Å². The fourth-order valence-corrected chi connectivity index (χ4v) is 1.85. The average molecular weight is 344 g/mol. The van der Waals surface area contributed by atoms with Crippen LogP contribution in [0.3, 0.4) is 0 Å². The summed E-state index contributed by atoms with van der Waals surface area (Å²) in [4.78, 5) is 11.9. The molecular formula is C16H9F5O3. The summed E-state index contributed by atoms with van der Waals surface area (Å²) in [7, 11) is 1.24. The van der Waals surface area contributed by atoms with E-state index < -0.39 is 40.4 Å². The molecule has 2 aromatic rings. The fraction of sp³-hybridized carbons (Fsp3) is 0.0625. The minimum absolute atomic E-state index is 0.0227. The van der Waals surface area contributed by atoms with Gasteiger partial charge in [0, 0.05) is 5.56 Å². The molecule has 2 aromatic carbocycles. The Morgan fingerprint density at radius 2 is 1.54 bits per heavy atom. The number of aromatic hydroxyl groups is 1. The molecule has 0 saturated heterocycles. The number of benzene rings is 2. The number of carbonyl (C=O) groups is 1. The van der Waals surface area contributed by atoms with E-state index in [1.165, 1.54) is 13.2 Å². The van der Waals surface area contributed by atoms with Gasteiger partial charge in [-0.15, -0.1) is 0 Å². The van der Waals surface area contributed by atoms with Crippen LogP contribution in [0.1, 0.15) is 15.9 Å². The predicted molar refractivity (Wildman–Crippen MR) is 74.3 cm³/mol. The number of phenols is 1. The molecule has 0 atom stereocenters. The number of rotatable bonds is 4. The second-order valence-electron chi connectivity index (χ2n) is 4.57. The molecular weight excluding hydrogens is 335 g/mol. The molecule has 0 aromatic heterocycles. The highest BCUT2D eigenvalue weighted by atomic mass is 19.2. The average Bonchev–Trinajstić information content (AvgIpc) is 2.58. The number of ether oxygens (including phenoxy) is 1. The van der Waals surface area contributed by atoms with Gasteiger partial charge in [-0.1, -0.05) is 0 Å². The van der Waals surface area contributed by atoms with E-state index in [1.54, 1.807) is 0 Å². The van der Waals surface area contributed by atoms with Crippen molar-refractivity contribution >= 4 is 11.9 Å². The van der Waals surface area contributed by atoms with Gasteiger partial charge in [0.25, 0.3) is 0 Å². The van der Waals surface area contributed by atoms with Gasteiger partial charge in [-0.05, 0) is 30.4 Å². The second-order valence-corrected chi connectivity index (χ2v) is 4.57. The molecule has 3 nitrogen and oxygen atoms in total. The van der Waals surface area contributed by atoms with Gasteiger partial charge < -0.3 is 9.84 Å². The third-order valence-electron chi connectivity index (χ3n) is 3.11. The van der Waals surface area contributed by atoms with Crippen LogP contribution in [0.25, 0.3) is 6.08 Å². The van der Waals surface area contributed by atoms with Gasteiger partial charge in [-0.25, -0.2) is 22.0 Å². The van der Waals surface area contributed by atoms with Gasteiger partial charge in [0.05, 0.1) is 12.7 Å². The molecule has 0 aliphatic carbocycles. The standard InChI is InChI=1S/C16H9F5O3/c1-24-11-6-7(2-4-10(11)23)9(22)5-3-8-12(17)14(19)16(21)15(20)13(8)18/h2-6,23H,1H3/b5-3+. The Balaban J connectivity index is 2.40. The zero-order valence-corrected chi connectivity index (χ0v) is 12.0. The number of methoxy groups -OCH3 is 1. The maximum atomic E-state index is 13.5. The number of allylic oxidation sites excluding steroid dienone is 1. The Hall–Kier alpha value is -2.90. The Kier molecular flexibility index (Phi) is 4.87. The largest absolute Gasteiger partial charge is 0.504 e. The van der Waals surface area contributed by atoms with Crippen molar-refractivity contribution < 1.29 is 36.6 Å². The zero-order chi connectivity index (χ0) is 18.0. The molecule has 126 valence electrons. The number of hydrogen-bond donors (Lipinski definition) is 1. The van der Waals surface area contributed by atoms with Crippen molar-refractivity contribution in [3.8, 4) is 11.5 Å². The van der Waals surface area contributed by atoms with E-state index in [4.69, 9.17) is 4.74 Å². The number of carbonyl (C=O) groups excluding carboxylic acids is 1. The molecule has 0 unspecified atom stereocenters. The Bertz CT molecular complexity index is 817. The van der Waals surface area contributed by atoms with E-state index in [-0.39, 0.29) is 17.1 Å². The van der Waals surface area contributed by atoms with Gasteiger partial charge in [0.2, 0.25) is 5.82 Å². The van der Waals surface area contributed by atoms with Crippen molar-refractivity contribution in [1.82, 2.24) is 0 Å². The van der Waals surface area contributed by atoms with Crippen LogP contribution in [0.2, 0.25) is 0 Å². The first kappa shape index (κ1) is 17.5. The summed E-state index contributed by atoms with van der Waals surface area (Å²) in [6, 6.07) is 3.50. The van der Waals surface area contributed by atoms with E-state index in [0.29, 0.717) is 12.2 Å². The number of halogens is 5. The molecule has 24 heavy (non-hydrogen) atoms. The van der Waals surface area contributed by atoms with Crippen LogP contribution in [0.15, 0.2) is 24.3 Å². The first-order chi connectivity index (χ1) is 11.3. The van der Waals surface area contributed by atoms with Crippen molar-refractivity contribution in [3.05, 3.63) is 64.5 Å². The van der Waals surface area contributed by atoms with Gasteiger partial charge >= 0.3 is 0 Å². The molecule has 0 saturated carbocycles. The summed E-state index contributed by atoms with van der Waals surface area (Å²) in [5.41, 5.74) is -1.25. The minimum Gasteiger partial charge on any atom is -0.504 e. The van der Waals surface area contributed by atoms with Crippen LogP contribution in [-0.2, 0) is 0 Å². The molecule has 2 rings (SSSR count). The summed E-state index contributed by atoms with van der Waals surface area (Å²) >= 11 is 0. The zero-order valence-electron chi connectivity index (χ0n) is 12.0. The van der Waals surface area contributed by atoms with Crippen molar-refractivity contribution in [2.24, 2.45) is 0 Å². The molecule has 0 spiro atoms. The Labute approximate surface area is 132 Å². The normalized spacial score (nSPS) is 11.1. The fourth-order valence-electron chi connectivity index (χ4n) is 1.85. The van der Waals surface area contributed by atoms with Crippen LogP contribution < -0.4 is 4.74 Å². The molecule has 1 N–H and O–H groups in total. The highest BCUT2D eigenvalue weighted by Gasteiger charge is 2.24. The number of phenolic OH excluding ortho intramolecular Hbond substituents is 1. The first-order valence-corrected chi connectivity index (χ1v) is 6.38. The van der Waals surface area contributed by atoms with Crippen LogP contribution in [0.5, 0.6) is 11.5 Å². The SMILES string of the molecule is COc1cc(C(=O)/C=C/c2c(F)c(F)c(F)c(F)c2F)ccc1O. The monoisotopic (exact) mass is 344 g/mol. The lowest BCUT2D eigenvalue weighted by Gasteiger charge is -2.05. The smallest absolute Gasteiger partial charge is 0.200 e. The van der Waals surface area contributed by atoms with Crippen LogP contribution in [0.4, 0.5) is 22.0 Å². The van der Waals surface area contributed by atoms with E-state index in [0.717, 1.165) is 12.1 Å². The Morgan fingerprint density at radius 1 is 1.00 bits per heavy atom. The molecule has 0 amide bonds. The van der Waals surface area contributed by atoms with Crippen molar-refractivity contribution in [2.45, 2.75) is 0 Å². The molecule has 0 heterocycles. The lowest BCUT2D eigenvalue weighted by atomic mass is 10.1. The quantitative estimate of drug-likeness (QED) is 0.300. The summed E-state index contributed by atoms with van der Waals surface area (Å²) in [6.07, 6.45) is 1.13. The van der Waals surface area contributed by atoms with E-state index in [9.17, 15) is 31.9 Å². The van der Waals surface area contributed by atoms with E-state index in [1.807, 2.05) is 0 Å². The minimum atomic E-state index is -2.28. The van der Waals surface area contributed by atoms with Gasteiger partial charge in [0.15, 0.2) is 40.6 Å². The van der Waals surface area contributed by atoms with E-state index in [2.05, 4.69) is 0 Å². The Morgan fingerprint density at radius 3 is 2.08 bits per heavy atom. The van der Waals surface area contributed by atoms with E-state index >= 15 is 0 Å². The number of hydrogen-bond acceptors (Lipinski definition) is 3. The maximum absolute atomic E-state index is 13.5. The third kappa shape index (κ3) is 3.08. The van der Waals surface area contributed by atoms with Gasteiger partial charge in [-0.2, -0.15) is 0 Å². The molecule has 0 radical (unpaired) electrons. The maximum Gasteiger partial charge on any atom is 0.200 e. The van der Waals surface area contributed by atoms with Crippen molar-refractivity contribution in [1.29, 1.82) is 0 Å². The van der Waals surface area contributed by atoms with Crippen molar-refractivity contribution in [2.75, 3.05) is 7.11 Å². The van der Waals surface area contributed by atoms with Crippen LogP contribution in [-0.4, -0.2) is 18.0 Å². The topological polar surface area (TPSA) is 46.5 Å². The summed E-state index contributed by atoms with van der Waals surface area (Å²) in [6.45, 7) is 0. The van der Waals surface area contributed by atoms with Gasteiger partial charge in [-0.3, -0.25) is 4.79 Å². The second kappa shape index (κ2) is 6.69. The lowest BCUT2D eigenvalue weighted by molar-refractivity contribution is 0.104. The highest BCUT2D eigenvalue weighted by molar-refractivity contribution is 6.07. The third-order valence-corrected chi connectivity index (χ3v) is 3.11. The first-order valence-electron chi connectivity index (χ1n) is 6.38. The molecule has 0 aliphatic rings. The number of ketones is 1. The molecule has 0 bridgehead atoms. The summed E-state index contributed by atoms with van der Waals surface area (Å²) in [5, 5.41) is 9.41.